The van der Waals surface area contributed by atoms with E-state index in [0.29, 0.717) is 10.2 Å². The zero-order chi connectivity index (χ0) is 13.3. The van der Waals surface area contributed by atoms with Gasteiger partial charge in [0.15, 0.2) is 0 Å². The van der Waals surface area contributed by atoms with Crippen LogP contribution in [0.5, 0.6) is 0 Å². The van der Waals surface area contributed by atoms with Crippen LogP contribution in [-0.4, -0.2) is 0 Å². The van der Waals surface area contributed by atoms with E-state index >= 15 is 0 Å². The van der Waals surface area contributed by atoms with Gasteiger partial charge in [0.2, 0.25) is 0 Å². The van der Waals surface area contributed by atoms with Crippen LogP contribution in [0.15, 0.2) is 44.6 Å². The zero-order valence-electron chi connectivity index (χ0n) is 10.1. The molecule has 0 bridgehead atoms. The molecular formula is C14H13BrFNS. The third-order valence-corrected chi connectivity index (χ3v) is 4.46. The van der Waals surface area contributed by atoms with Crippen LogP contribution in [0.4, 0.5) is 10.1 Å². The van der Waals surface area contributed by atoms with Gasteiger partial charge in [0.1, 0.15) is 5.82 Å². The highest BCUT2D eigenvalue weighted by atomic mass is 79.9. The molecule has 0 atom stereocenters. The summed E-state index contributed by atoms with van der Waals surface area (Å²) in [6, 6.07) is 9.30. The Balaban J connectivity index is 2.37. The van der Waals surface area contributed by atoms with E-state index in [1.165, 1.54) is 17.2 Å². The smallest absolute Gasteiger partial charge is 0.139 e. The molecule has 2 aromatic rings. The molecule has 0 aliphatic carbocycles. The molecule has 2 rings (SSSR count). The molecule has 1 nitrogen and oxygen atoms in total. The quantitative estimate of drug-likeness (QED) is 0.791. The Morgan fingerprint density at radius 3 is 2.50 bits per heavy atom. The van der Waals surface area contributed by atoms with Crippen molar-refractivity contribution in [2.75, 3.05) is 5.73 Å². The second-order valence-electron chi connectivity index (χ2n) is 4.18. The minimum absolute atomic E-state index is 0.336. The number of hydrogen-bond acceptors (Lipinski definition) is 2. The summed E-state index contributed by atoms with van der Waals surface area (Å²) in [5, 5.41) is 0. The van der Waals surface area contributed by atoms with Gasteiger partial charge in [0.05, 0.1) is 4.47 Å². The highest BCUT2D eigenvalue weighted by Crippen LogP contribution is 2.36. The molecule has 94 valence electrons. The molecule has 4 heteroatoms. The molecule has 0 radical (unpaired) electrons. The number of halogens is 2. The predicted octanol–water partition coefficient (Wildman–Crippen LogP) is 4.94. The molecule has 0 saturated heterocycles. The molecular weight excluding hydrogens is 313 g/mol. The number of nitrogen functional groups attached to an aromatic ring is 1. The Morgan fingerprint density at radius 2 is 1.83 bits per heavy atom. The molecule has 2 N–H and O–H groups in total. The maximum Gasteiger partial charge on any atom is 0.139 e. The molecule has 18 heavy (non-hydrogen) atoms. The van der Waals surface area contributed by atoms with Crippen LogP contribution in [0.3, 0.4) is 0 Å². The van der Waals surface area contributed by atoms with Crippen molar-refractivity contribution in [3.63, 3.8) is 0 Å². The Labute approximate surface area is 119 Å². The highest BCUT2D eigenvalue weighted by Gasteiger charge is 2.09. The Bertz CT molecular complexity index is 599. The average Bonchev–Trinajstić information content (AvgIpc) is 2.29. The van der Waals surface area contributed by atoms with Gasteiger partial charge >= 0.3 is 0 Å². The van der Waals surface area contributed by atoms with E-state index in [-0.39, 0.29) is 5.82 Å². The van der Waals surface area contributed by atoms with E-state index in [9.17, 15) is 4.39 Å². The number of nitrogens with two attached hydrogens (primary N) is 1. The van der Waals surface area contributed by atoms with Gasteiger partial charge in [-0.05, 0) is 53.5 Å². The van der Waals surface area contributed by atoms with Gasteiger partial charge in [-0.25, -0.2) is 4.39 Å². The molecule has 0 fully saturated rings. The van der Waals surface area contributed by atoms with Crippen LogP contribution in [0.25, 0.3) is 0 Å². The lowest BCUT2D eigenvalue weighted by molar-refractivity contribution is 0.620. The summed E-state index contributed by atoms with van der Waals surface area (Å²) in [5.74, 6) is -0.336. The minimum Gasteiger partial charge on any atom is -0.398 e. The molecule has 0 aliphatic rings. The summed E-state index contributed by atoms with van der Waals surface area (Å²) in [5.41, 5.74) is 8.72. The topological polar surface area (TPSA) is 26.0 Å². The van der Waals surface area contributed by atoms with Crippen molar-refractivity contribution in [1.29, 1.82) is 0 Å². The van der Waals surface area contributed by atoms with Gasteiger partial charge < -0.3 is 5.73 Å². The molecule has 2 aromatic carbocycles. The van der Waals surface area contributed by atoms with Crippen molar-refractivity contribution in [1.82, 2.24) is 0 Å². The first-order valence-corrected chi connectivity index (χ1v) is 7.08. The molecule has 0 saturated carbocycles. The van der Waals surface area contributed by atoms with Crippen LogP contribution in [0.2, 0.25) is 0 Å². The normalized spacial score (nSPS) is 10.7. The monoisotopic (exact) mass is 325 g/mol. The van der Waals surface area contributed by atoms with Crippen molar-refractivity contribution < 1.29 is 4.39 Å². The van der Waals surface area contributed by atoms with E-state index in [2.05, 4.69) is 48.0 Å². The van der Waals surface area contributed by atoms with Crippen molar-refractivity contribution >= 4 is 33.4 Å². The molecule has 0 aliphatic heterocycles. The van der Waals surface area contributed by atoms with Crippen molar-refractivity contribution in [2.45, 2.75) is 23.6 Å². The number of rotatable bonds is 2. The van der Waals surface area contributed by atoms with Gasteiger partial charge in [-0.15, -0.1) is 0 Å². The molecule has 0 unspecified atom stereocenters. The first kappa shape index (κ1) is 13.4. The number of anilines is 1. The lowest BCUT2D eigenvalue weighted by Gasteiger charge is -2.09. The van der Waals surface area contributed by atoms with Crippen LogP contribution < -0.4 is 5.73 Å². The summed E-state index contributed by atoms with van der Waals surface area (Å²) in [6.45, 7) is 4.12. The Kier molecular flexibility index (Phi) is 3.97. The molecule has 0 spiro atoms. The van der Waals surface area contributed by atoms with Crippen LogP contribution in [0, 0.1) is 19.7 Å². The molecule has 0 heterocycles. The first-order valence-electron chi connectivity index (χ1n) is 5.47. The average molecular weight is 326 g/mol. The second kappa shape index (κ2) is 5.33. The Hall–Kier alpha value is -1.00. The minimum atomic E-state index is -0.336. The Morgan fingerprint density at radius 1 is 1.11 bits per heavy atom. The third kappa shape index (κ3) is 2.87. The SMILES string of the molecule is Cc1ccc(Sc2cc(Br)c(F)cc2N)c(C)c1. The predicted molar refractivity (Wildman–Crippen MR) is 78.6 cm³/mol. The van der Waals surface area contributed by atoms with Gasteiger partial charge in [-0.3, -0.25) is 0 Å². The van der Waals surface area contributed by atoms with Crippen LogP contribution in [0.1, 0.15) is 11.1 Å². The summed E-state index contributed by atoms with van der Waals surface area (Å²) in [4.78, 5) is 1.99. The fourth-order valence-electron chi connectivity index (χ4n) is 1.66. The van der Waals surface area contributed by atoms with Gasteiger partial charge in [-0.1, -0.05) is 29.5 Å². The van der Waals surface area contributed by atoms with E-state index in [1.54, 1.807) is 17.8 Å². The third-order valence-electron chi connectivity index (χ3n) is 2.60. The summed E-state index contributed by atoms with van der Waals surface area (Å²) in [6.07, 6.45) is 0. The maximum atomic E-state index is 13.3. The summed E-state index contributed by atoms with van der Waals surface area (Å²) >= 11 is 4.73. The van der Waals surface area contributed by atoms with Crippen molar-refractivity contribution in [2.24, 2.45) is 0 Å². The van der Waals surface area contributed by atoms with Crippen molar-refractivity contribution in [3.8, 4) is 0 Å². The van der Waals surface area contributed by atoms with Gasteiger partial charge in [-0.2, -0.15) is 0 Å². The summed E-state index contributed by atoms with van der Waals surface area (Å²) < 4.78 is 13.7. The standard InChI is InChI=1S/C14H13BrFNS/c1-8-3-4-13(9(2)5-8)18-14-6-10(15)11(16)7-12(14)17/h3-7H,17H2,1-2H3. The zero-order valence-corrected chi connectivity index (χ0v) is 12.5. The number of benzene rings is 2. The van der Waals surface area contributed by atoms with Gasteiger partial charge in [0, 0.05) is 15.5 Å². The fourth-order valence-corrected chi connectivity index (χ4v) is 3.11. The van der Waals surface area contributed by atoms with E-state index in [4.69, 9.17) is 5.73 Å². The lowest BCUT2D eigenvalue weighted by atomic mass is 10.2. The van der Waals surface area contributed by atoms with Crippen LogP contribution >= 0.6 is 27.7 Å². The van der Waals surface area contributed by atoms with Crippen LogP contribution in [-0.2, 0) is 0 Å². The number of hydrogen-bond donors (Lipinski definition) is 1. The second-order valence-corrected chi connectivity index (χ2v) is 6.11. The van der Waals surface area contributed by atoms with E-state index < -0.39 is 0 Å². The van der Waals surface area contributed by atoms with Gasteiger partial charge in [0.25, 0.3) is 0 Å². The molecule has 0 amide bonds. The number of aryl methyl sites for hydroxylation is 2. The van der Waals surface area contributed by atoms with E-state index in [1.807, 2.05) is 0 Å². The maximum absolute atomic E-state index is 13.3. The highest BCUT2D eigenvalue weighted by molar-refractivity contribution is 9.10. The summed E-state index contributed by atoms with van der Waals surface area (Å²) in [7, 11) is 0. The van der Waals surface area contributed by atoms with Crippen molar-refractivity contribution in [3.05, 3.63) is 51.7 Å². The lowest BCUT2D eigenvalue weighted by Crippen LogP contribution is -1.92. The van der Waals surface area contributed by atoms with E-state index in [0.717, 1.165) is 9.79 Å². The first-order chi connectivity index (χ1) is 8.47. The largest absolute Gasteiger partial charge is 0.398 e. The fraction of sp³-hybridized carbons (Fsp3) is 0.143. The molecule has 0 aromatic heterocycles.